The van der Waals surface area contributed by atoms with Crippen molar-refractivity contribution in [3.8, 4) is 0 Å². The van der Waals surface area contributed by atoms with Gasteiger partial charge in [-0.25, -0.2) is 0 Å². The van der Waals surface area contributed by atoms with Crippen LogP contribution in [0, 0.1) is 11.3 Å². The van der Waals surface area contributed by atoms with Gasteiger partial charge in [-0.1, -0.05) is 11.6 Å². The van der Waals surface area contributed by atoms with Crippen LogP contribution in [0.15, 0.2) is 18.2 Å². The second kappa shape index (κ2) is 6.20. The highest BCUT2D eigenvalue weighted by molar-refractivity contribution is 6.33. The Balaban J connectivity index is 1.88. The van der Waals surface area contributed by atoms with Gasteiger partial charge in [-0.05, 0) is 30.5 Å². The van der Waals surface area contributed by atoms with Gasteiger partial charge in [-0.15, -0.1) is 0 Å². The van der Waals surface area contributed by atoms with Crippen LogP contribution in [0.1, 0.15) is 22.3 Å². The lowest BCUT2D eigenvalue weighted by atomic mass is 9.76. The summed E-state index contributed by atoms with van der Waals surface area (Å²) in [7, 11) is 0. The van der Waals surface area contributed by atoms with E-state index in [4.69, 9.17) is 16.3 Å². The molecule has 24 heavy (non-hydrogen) atoms. The molecule has 0 unspecified atom stereocenters. The summed E-state index contributed by atoms with van der Waals surface area (Å²) in [5.41, 5.74) is -1.62. The molecule has 0 bridgehead atoms. The average Bonchev–Trinajstić information content (AvgIpc) is 2.93. The molecule has 2 aliphatic rings. The number of rotatable bonds is 2. The fourth-order valence-corrected chi connectivity index (χ4v) is 3.71. The van der Waals surface area contributed by atoms with Crippen LogP contribution in [0.2, 0.25) is 5.02 Å². The maximum Gasteiger partial charge on any atom is 0.416 e. The Bertz CT molecular complexity index is 652. The van der Waals surface area contributed by atoms with Gasteiger partial charge in [0.05, 0.1) is 29.4 Å². The van der Waals surface area contributed by atoms with Crippen LogP contribution in [-0.4, -0.2) is 48.8 Å². The molecule has 2 fully saturated rings. The first-order valence-corrected chi connectivity index (χ1v) is 7.99. The molecule has 1 N–H and O–H groups in total. The molecule has 2 atom stereocenters. The van der Waals surface area contributed by atoms with Gasteiger partial charge in [0.1, 0.15) is 0 Å². The molecular weight excluding hydrogens is 347 g/mol. The summed E-state index contributed by atoms with van der Waals surface area (Å²) in [5, 5.41) is 9.72. The first-order chi connectivity index (χ1) is 11.3. The zero-order chi connectivity index (χ0) is 17.5. The van der Waals surface area contributed by atoms with Gasteiger partial charge in [-0.3, -0.25) is 4.79 Å². The molecule has 1 aromatic rings. The molecule has 132 valence electrons. The van der Waals surface area contributed by atoms with E-state index in [0.717, 1.165) is 18.2 Å². The molecule has 0 radical (unpaired) electrons. The number of carbonyl (C=O) groups excluding carboxylic acids is 1. The number of amides is 1. The number of aliphatic hydroxyl groups excluding tert-OH is 1. The average molecular weight is 364 g/mol. The third-order valence-corrected chi connectivity index (χ3v) is 5.27. The molecule has 0 aliphatic carbocycles. The number of hydrogen-bond donors (Lipinski definition) is 1. The molecule has 0 aromatic heterocycles. The number of carbonyl (C=O) groups is 1. The van der Waals surface area contributed by atoms with E-state index in [1.54, 1.807) is 0 Å². The summed E-state index contributed by atoms with van der Waals surface area (Å²) < 4.78 is 44.1. The van der Waals surface area contributed by atoms with Crippen LogP contribution in [-0.2, 0) is 10.9 Å². The van der Waals surface area contributed by atoms with Gasteiger partial charge in [-0.2, -0.15) is 13.2 Å². The van der Waals surface area contributed by atoms with Crippen LogP contribution in [0.5, 0.6) is 0 Å². The predicted octanol–water partition coefficient (Wildman–Crippen LogP) is 2.83. The van der Waals surface area contributed by atoms with E-state index < -0.39 is 23.1 Å². The highest BCUT2D eigenvalue weighted by Gasteiger charge is 2.49. The van der Waals surface area contributed by atoms with Gasteiger partial charge in [0.25, 0.3) is 5.91 Å². The van der Waals surface area contributed by atoms with Crippen molar-refractivity contribution in [1.82, 2.24) is 4.90 Å². The van der Waals surface area contributed by atoms with Crippen molar-refractivity contribution in [3.05, 3.63) is 34.3 Å². The van der Waals surface area contributed by atoms with Gasteiger partial charge >= 0.3 is 6.18 Å². The van der Waals surface area contributed by atoms with Gasteiger partial charge in [0.2, 0.25) is 0 Å². The van der Waals surface area contributed by atoms with E-state index in [0.29, 0.717) is 26.2 Å². The number of aliphatic hydroxyl groups is 1. The van der Waals surface area contributed by atoms with Crippen LogP contribution in [0.25, 0.3) is 0 Å². The lowest BCUT2D eigenvalue weighted by Crippen LogP contribution is -2.43. The minimum atomic E-state index is -4.54. The summed E-state index contributed by atoms with van der Waals surface area (Å²) in [6, 6.07) is 2.73. The third kappa shape index (κ3) is 3.00. The Kier molecular flexibility index (Phi) is 4.53. The Morgan fingerprint density at radius 2 is 2.21 bits per heavy atom. The monoisotopic (exact) mass is 363 g/mol. The zero-order valence-corrected chi connectivity index (χ0v) is 13.5. The summed E-state index contributed by atoms with van der Waals surface area (Å²) in [5.74, 6) is -0.474. The largest absolute Gasteiger partial charge is 0.416 e. The molecule has 4 nitrogen and oxygen atoms in total. The van der Waals surface area contributed by atoms with E-state index in [1.165, 1.54) is 4.90 Å². The van der Waals surface area contributed by atoms with Gasteiger partial charge in [0, 0.05) is 25.1 Å². The summed E-state index contributed by atoms with van der Waals surface area (Å²) >= 11 is 5.95. The number of nitrogens with zero attached hydrogens (tertiary/aromatic N) is 1. The van der Waals surface area contributed by atoms with Crippen molar-refractivity contribution in [2.75, 3.05) is 32.9 Å². The first kappa shape index (κ1) is 17.5. The number of ether oxygens (including phenoxy) is 1. The van der Waals surface area contributed by atoms with E-state index in [-0.39, 0.29) is 29.7 Å². The minimum Gasteiger partial charge on any atom is -0.396 e. The molecule has 3 rings (SSSR count). The van der Waals surface area contributed by atoms with Crippen LogP contribution in [0.3, 0.4) is 0 Å². The van der Waals surface area contributed by atoms with Gasteiger partial charge in [0.15, 0.2) is 0 Å². The highest BCUT2D eigenvalue weighted by atomic mass is 35.5. The number of hydrogen-bond acceptors (Lipinski definition) is 3. The zero-order valence-electron chi connectivity index (χ0n) is 12.8. The molecule has 0 saturated carbocycles. The normalized spacial score (nSPS) is 27.2. The standard InChI is InChI=1S/C16H17ClF3NO3/c17-13-2-1-10(16(18,19)20)5-12(13)14(23)21-6-11-3-4-24-9-15(11,7-21)8-22/h1-2,5,11,22H,3-4,6-9H2/t11-,15+/m0/s1. The molecular formula is C16H17ClF3NO3. The topological polar surface area (TPSA) is 49.8 Å². The maximum absolute atomic E-state index is 12.9. The fraction of sp³-hybridized carbons (Fsp3) is 0.562. The Labute approximate surface area is 142 Å². The Morgan fingerprint density at radius 1 is 1.46 bits per heavy atom. The van der Waals surface area contributed by atoms with Crippen molar-refractivity contribution < 1.29 is 27.8 Å². The van der Waals surface area contributed by atoms with Crippen LogP contribution >= 0.6 is 11.6 Å². The smallest absolute Gasteiger partial charge is 0.396 e. The van der Waals surface area contributed by atoms with Crippen LogP contribution in [0.4, 0.5) is 13.2 Å². The number of alkyl halides is 3. The quantitative estimate of drug-likeness (QED) is 0.879. The lowest BCUT2D eigenvalue weighted by molar-refractivity contribution is -0.137. The second-order valence-corrected chi connectivity index (χ2v) is 6.84. The molecule has 0 spiro atoms. The molecule has 8 heteroatoms. The van der Waals surface area contributed by atoms with Crippen molar-refractivity contribution in [3.63, 3.8) is 0 Å². The van der Waals surface area contributed by atoms with E-state index in [2.05, 4.69) is 0 Å². The fourth-order valence-electron chi connectivity index (χ4n) is 3.51. The summed E-state index contributed by atoms with van der Waals surface area (Å²) in [4.78, 5) is 14.2. The summed E-state index contributed by atoms with van der Waals surface area (Å²) in [6.45, 7) is 1.40. The number of halogens is 4. The van der Waals surface area contributed by atoms with E-state index >= 15 is 0 Å². The molecule has 2 aliphatic heterocycles. The molecule has 1 amide bonds. The summed E-state index contributed by atoms with van der Waals surface area (Å²) in [6.07, 6.45) is -3.83. The predicted molar refractivity (Wildman–Crippen MR) is 80.8 cm³/mol. The highest BCUT2D eigenvalue weighted by Crippen LogP contribution is 2.42. The van der Waals surface area contributed by atoms with Crippen molar-refractivity contribution in [2.45, 2.75) is 12.6 Å². The minimum absolute atomic E-state index is 0.0165. The number of likely N-dealkylation sites (tertiary alicyclic amines) is 1. The molecule has 2 saturated heterocycles. The van der Waals surface area contributed by atoms with E-state index in [9.17, 15) is 23.1 Å². The Morgan fingerprint density at radius 3 is 2.83 bits per heavy atom. The maximum atomic E-state index is 12.9. The lowest BCUT2D eigenvalue weighted by Gasteiger charge is -2.36. The van der Waals surface area contributed by atoms with Crippen LogP contribution < -0.4 is 0 Å². The van der Waals surface area contributed by atoms with Crippen molar-refractivity contribution >= 4 is 17.5 Å². The SMILES string of the molecule is O=C(c1cc(C(F)(F)F)ccc1Cl)N1C[C@@H]2CCOC[C@]2(CO)C1. The molecule has 2 heterocycles. The van der Waals surface area contributed by atoms with E-state index in [1.807, 2.05) is 0 Å². The number of fused-ring (bicyclic) bond motifs is 1. The van der Waals surface area contributed by atoms with Gasteiger partial charge < -0.3 is 14.7 Å². The van der Waals surface area contributed by atoms with Crippen molar-refractivity contribution in [2.24, 2.45) is 11.3 Å². The molecule has 1 aromatic carbocycles. The second-order valence-electron chi connectivity index (χ2n) is 6.44. The Hall–Kier alpha value is -1.31. The van der Waals surface area contributed by atoms with Crippen molar-refractivity contribution in [1.29, 1.82) is 0 Å². The third-order valence-electron chi connectivity index (χ3n) is 4.94. The first-order valence-electron chi connectivity index (χ1n) is 7.61. The number of benzene rings is 1.